The van der Waals surface area contributed by atoms with Gasteiger partial charge in [-0.1, -0.05) is 53.3 Å². The minimum atomic E-state index is -0.804. The Morgan fingerprint density at radius 3 is 2.45 bits per heavy atom. The van der Waals surface area contributed by atoms with Gasteiger partial charge >= 0.3 is 5.97 Å². The maximum atomic E-state index is 12.9. The number of epoxide rings is 1. The van der Waals surface area contributed by atoms with E-state index in [1.165, 1.54) is 13.0 Å². The normalized spacial score (nSPS) is 36.1. The van der Waals surface area contributed by atoms with Gasteiger partial charge in [0.15, 0.2) is 0 Å². The van der Waals surface area contributed by atoms with Gasteiger partial charge < -0.3 is 34.7 Å². The number of esters is 1. The molecule has 4 rings (SSSR count). The predicted molar refractivity (Wildman–Crippen MR) is 184 cm³/mol. The summed E-state index contributed by atoms with van der Waals surface area (Å²) in [6.45, 7) is 9.55. The van der Waals surface area contributed by atoms with Gasteiger partial charge in [-0.05, 0) is 64.4 Å². The van der Waals surface area contributed by atoms with Gasteiger partial charge in [-0.3, -0.25) is 19.2 Å². The van der Waals surface area contributed by atoms with Gasteiger partial charge in [-0.2, -0.15) is 0 Å². The molecule has 47 heavy (non-hydrogen) atoms. The lowest BCUT2D eigenvalue weighted by Gasteiger charge is -2.39. The number of Topliss-reactive ketones (excluding diaryl/α,β-unsaturated/α-hetero) is 1. The molecular formula is C35H51IN2O9. The van der Waals surface area contributed by atoms with Gasteiger partial charge in [-0.25, -0.2) is 0 Å². The van der Waals surface area contributed by atoms with E-state index in [0.29, 0.717) is 42.6 Å². The number of amides is 2. The molecule has 1 aliphatic carbocycles. The highest BCUT2D eigenvalue weighted by molar-refractivity contribution is 14.1. The van der Waals surface area contributed by atoms with Crippen molar-refractivity contribution in [3.05, 3.63) is 36.0 Å². The van der Waals surface area contributed by atoms with E-state index in [9.17, 15) is 24.3 Å². The van der Waals surface area contributed by atoms with Crippen molar-refractivity contribution < 1.29 is 43.2 Å². The third kappa shape index (κ3) is 11.2. The number of nitrogens with one attached hydrogen (secondary N) is 2. The van der Waals surface area contributed by atoms with Crippen molar-refractivity contribution in [2.75, 3.05) is 11.0 Å². The van der Waals surface area contributed by atoms with Crippen LogP contribution in [0.15, 0.2) is 36.0 Å². The maximum Gasteiger partial charge on any atom is 0.303 e. The molecule has 3 N–H and O–H groups in total. The molecule has 9 atom stereocenters. The SMILES string of the molecule is CC(=O)O[C@@H](C)/C=C\C(=O)N[C@@H]1C[C@H](C)[C@H](C/C=C(C)/C=C/[C@H]2O[C@H](CC(=O)CC3CC(NC(=O)CI)C3)C[C@@]3(CO3)[C@@H]2O)O[C@@H]1C. The monoisotopic (exact) mass is 770 g/mol. The molecule has 3 saturated heterocycles. The van der Waals surface area contributed by atoms with Crippen LogP contribution in [-0.4, -0.2) is 94.0 Å². The molecule has 11 nitrogen and oxygen atoms in total. The number of halogens is 1. The fourth-order valence-corrected chi connectivity index (χ4v) is 7.05. The molecule has 4 aliphatic rings. The van der Waals surface area contributed by atoms with Crippen LogP contribution >= 0.6 is 22.6 Å². The summed E-state index contributed by atoms with van der Waals surface area (Å²) < 4.78 is 23.7. The van der Waals surface area contributed by atoms with Crippen LogP contribution in [0.1, 0.15) is 79.6 Å². The molecule has 0 bridgehead atoms. The molecule has 3 heterocycles. The quantitative estimate of drug-likeness (QED) is 0.0601. The highest BCUT2D eigenvalue weighted by atomic mass is 127. The highest BCUT2D eigenvalue weighted by Crippen LogP contribution is 2.44. The van der Waals surface area contributed by atoms with E-state index in [4.69, 9.17) is 18.9 Å². The van der Waals surface area contributed by atoms with Crippen LogP contribution in [0.3, 0.4) is 0 Å². The largest absolute Gasteiger partial charge is 0.459 e. The van der Waals surface area contributed by atoms with Crippen LogP contribution in [0.2, 0.25) is 0 Å². The van der Waals surface area contributed by atoms with E-state index in [-0.39, 0.29) is 53.9 Å². The van der Waals surface area contributed by atoms with E-state index >= 15 is 0 Å². The Balaban J connectivity index is 1.23. The molecule has 12 heteroatoms. The Labute approximate surface area is 291 Å². The fourth-order valence-electron chi connectivity index (χ4n) is 6.83. The van der Waals surface area contributed by atoms with Crippen molar-refractivity contribution in [1.82, 2.24) is 10.6 Å². The Morgan fingerprint density at radius 1 is 1.06 bits per heavy atom. The summed E-state index contributed by atoms with van der Waals surface area (Å²) in [4.78, 5) is 47.9. The lowest BCUT2D eigenvalue weighted by Crippen LogP contribution is -2.50. The van der Waals surface area contributed by atoms with Crippen LogP contribution < -0.4 is 10.6 Å². The predicted octanol–water partition coefficient (Wildman–Crippen LogP) is 3.65. The number of aliphatic hydroxyl groups is 1. The third-order valence-corrected chi connectivity index (χ3v) is 10.3. The highest BCUT2D eigenvalue weighted by Gasteiger charge is 2.58. The van der Waals surface area contributed by atoms with Crippen LogP contribution in [0, 0.1) is 11.8 Å². The number of ether oxygens (including phenoxy) is 4. The first-order valence-corrected chi connectivity index (χ1v) is 18.3. The first kappa shape index (κ1) is 37.7. The molecule has 2 amide bonds. The molecule has 1 spiro atoms. The van der Waals surface area contributed by atoms with Crippen LogP contribution in [0.4, 0.5) is 0 Å². The molecule has 4 fully saturated rings. The summed E-state index contributed by atoms with van der Waals surface area (Å²) in [6.07, 6.45) is 10.9. The molecule has 0 aromatic heterocycles. The van der Waals surface area contributed by atoms with Gasteiger partial charge in [0.25, 0.3) is 0 Å². The Bertz CT molecular complexity index is 1230. The lowest BCUT2D eigenvalue weighted by molar-refractivity contribution is -0.145. The molecule has 0 radical (unpaired) electrons. The average molecular weight is 771 g/mol. The van der Waals surface area contributed by atoms with Crippen LogP contribution in [0.5, 0.6) is 0 Å². The number of ketones is 1. The van der Waals surface area contributed by atoms with Gasteiger partial charge in [0.2, 0.25) is 11.8 Å². The minimum absolute atomic E-state index is 0.00965. The Morgan fingerprint density at radius 2 is 1.79 bits per heavy atom. The van der Waals surface area contributed by atoms with Gasteiger partial charge in [0.05, 0.1) is 35.4 Å². The Hall–Kier alpha value is -2.13. The number of aliphatic hydroxyl groups excluding tert-OH is 1. The zero-order valence-corrected chi connectivity index (χ0v) is 30.3. The van der Waals surface area contributed by atoms with Gasteiger partial charge in [-0.15, -0.1) is 0 Å². The van der Waals surface area contributed by atoms with Gasteiger partial charge in [0, 0.05) is 38.3 Å². The molecule has 0 aromatic rings. The molecule has 1 saturated carbocycles. The van der Waals surface area contributed by atoms with Gasteiger partial charge in [0.1, 0.15) is 29.7 Å². The molecule has 0 aromatic carbocycles. The number of carbonyl (C=O) groups excluding carboxylic acids is 4. The number of hydrogen-bond acceptors (Lipinski definition) is 9. The van der Waals surface area contributed by atoms with E-state index in [1.54, 1.807) is 13.0 Å². The molecule has 262 valence electrons. The van der Waals surface area contributed by atoms with Crippen molar-refractivity contribution in [2.45, 2.75) is 134 Å². The van der Waals surface area contributed by atoms with E-state index in [0.717, 1.165) is 24.8 Å². The number of alkyl halides is 1. The summed E-state index contributed by atoms with van der Waals surface area (Å²) in [5, 5.41) is 17.0. The topological polar surface area (TPSA) is 153 Å². The van der Waals surface area contributed by atoms with E-state index in [2.05, 4.69) is 23.6 Å². The number of hydrogen-bond donors (Lipinski definition) is 3. The van der Waals surface area contributed by atoms with E-state index < -0.39 is 29.9 Å². The average Bonchev–Trinajstić information content (AvgIpc) is 3.76. The first-order valence-electron chi connectivity index (χ1n) is 16.8. The van der Waals surface area contributed by atoms with Crippen molar-refractivity contribution in [3.8, 4) is 0 Å². The molecule has 3 aliphatic heterocycles. The summed E-state index contributed by atoms with van der Waals surface area (Å²) >= 11 is 2.04. The molecule has 0 unspecified atom stereocenters. The van der Waals surface area contributed by atoms with Crippen molar-refractivity contribution >= 4 is 46.2 Å². The smallest absolute Gasteiger partial charge is 0.303 e. The second-order valence-corrected chi connectivity index (χ2v) is 14.6. The number of allylic oxidation sites excluding steroid dienone is 2. The standard InChI is InChI=1S/C35H51IN2O9/c1-20(6-9-30-21(2)12-29(23(4)46-30)38-32(41)11-8-22(3)45-24(5)39)7-10-31-34(43)35(19-44-35)17-28(47-31)16-27(40)15-25-13-26(14-25)37-33(42)18-36/h6-8,10-11,21-23,25-26,28-31,34,43H,9,12-19H2,1-5H3,(H,37,42)(H,38,41)/b10-7+,11-8-,20-6+/t21-,22-,23+,25?,26?,28+,29+,30-,31+,34+,35+/m0/s1. The van der Waals surface area contributed by atoms with Crippen molar-refractivity contribution in [1.29, 1.82) is 0 Å². The summed E-state index contributed by atoms with van der Waals surface area (Å²) in [5.41, 5.74) is 0.357. The lowest BCUT2D eigenvalue weighted by atomic mass is 9.76. The van der Waals surface area contributed by atoms with Crippen LogP contribution in [-0.2, 0) is 38.1 Å². The Kier molecular flexibility index (Phi) is 13.6. The first-order chi connectivity index (χ1) is 22.3. The maximum absolute atomic E-state index is 12.9. The van der Waals surface area contributed by atoms with Crippen molar-refractivity contribution in [3.63, 3.8) is 0 Å². The van der Waals surface area contributed by atoms with E-state index in [1.807, 2.05) is 48.6 Å². The molecular weight excluding hydrogens is 719 g/mol. The van der Waals surface area contributed by atoms with Crippen LogP contribution in [0.25, 0.3) is 0 Å². The summed E-state index contributed by atoms with van der Waals surface area (Å²) in [7, 11) is 0. The summed E-state index contributed by atoms with van der Waals surface area (Å²) in [5.74, 6) is 0.0365. The number of rotatable bonds is 14. The zero-order valence-electron chi connectivity index (χ0n) is 28.1. The second-order valence-electron chi connectivity index (χ2n) is 13.8. The fraction of sp³-hybridized carbons (Fsp3) is 0.714. The zero-order chi connectivity index (χ0) is 34.3. The summed E-state index contributed by atoms with van der Waals surface area (Å²) in [6, 6.07) is 0.0394. The third-order valence-electron chi connectivity index (χ3n) is 9.62. The second kappa shape index (κ2) is 17.0. The number of carbonyl (C=O) groups is 4. The van der Waals surface area contributed by atoms with Crippen molar-refractivity contribution in [2.24, 2.45) is 11.8 Å². The minimum Gasteiger partial charge on any atom is -0.459 e.